The van der Waals surface area contributed by atoms with E-state index in [1.165, 1.54) is 119 Å². The van der Waals surface area contributed by atoms with Crippen LogP contribution in [0.25, 0.3) is 11.1 Å². The van der Waals surface area contributed by atoms with E-state index < -0.39 is 0 Å². The van der Waals surface area contributed by atoms with Gasteiger partial charge in [0.25, 0.3) is 6.71 Å². The van der Waals surface area contributed by atoms with E-state index in [1.807, 2.05) is 0 Å². The van der Waals surface area contributed by atoms with E-state index >= 15 is 0 Å². The molecule has 0 spiro atoms. The van der Waals surface area contributed by atoms with Crippen molar-refractivity contribution in [2.75, 3.05) is 19.6 Å². The molecule has 5 heteroatoms. The lowest BCUT2D eigenvalue weighted by Gasteiger charge is -2.51. The summed E-state index contributed by atoms with van der Waals surface area (Å²) in [7, 11) is 0. The van der Waals surface area contributed by atoms with E-state index in [4.69, 9.17) is 0 Å². The molecule has 0 N–H and O–H groups in total. The summed E-state index contributed by atoms with van der Waals surface area (Å²) in [4.78, 5) is 10.6. The molecule has 1 saturated carbocycles. The zero-order chi connectivity index (χ0) is 58.2. The van der Waals surface area contributed by atoms with Crippen LogP contribution in [-0.4, -0.2) is 12.3 Å². The van der Waals surface area contributed by atoms with Crippen molar-refractivity contribution in [2.45, 2.75) is 155 Å². The zero-order valence-electron chi connectivity index (χ0n) is 51.7. The molecule has 9 aromatic carbocycles. The lowest BCUT2D eigenvalue weighted by Crippen LogP contribution is -2.62. The van der Waals surface area contributed by atoms with Gasteiger partial charge in [-0.2, -0.15) is 0 Å². The van der Waals surface area contributed by atoms with Gasteiger partial charge < -0.3 is 19.6 Å². The Bertz CT molecular complexity index is 3930. The number of nitrogens with zero attached hydrogens (tertiary/aromatic N) is 4. The van der Waals surface area contributed by atoms with Crippen LogP contribution in [-0.2, 0) is 27.1 Å². The first-order chi connectivity index (χ1) is 39.4. The Morgan fingerprint density at radius 3 is 1.54 bits per heavy atom. The topological polar surface area (TPSA) is 13.0 Å². The molecule has 3 heterocycles. The van der Waals surface area contributed by atoms with Crippen molar-refractivity contribution in [3.63, 3.8) is 0 Å². The molecule has 0 amide bonds. The molecule has 13 rings (SSSR count). The molecule has 1 fully saturated rings. The van der Waals surface area contributed by atoms with E-state index in [0.717, 1.165) is 24.2 Å². The summed E-state index contributed by atoms with van der Waals surface area (Å²) in [5.74, 6) is 0. The maximum Gasteiger partial charge on any atom is 0.252 e. The van der Waals surface area contributed by atoms with Gasteiger partial charge in [-0.05, 0) is 182 Å². The molecular weight excluding hydrogens is 1000 g/mol. The van der Waals surface area contributed by atoms with Gasteiger partial charge in [0.1, 0.15) is 0 Å². The molecule has 0 saturated heterocycles. The third-order valence-corrected chi connectivity index (χ3v) is 19.6. The van der Waals surface area contributed by atoms with Gasteiger partial charge in [-0.1, -0.05) is 212 Å². The van der Waals surface area contributed by atoms with E-state index in [1.54, 1.807) is 0 Å². The summed E-state index contributed by atoms with van der Waals surface area (Å²) in [5.41, 5.74) is 25.9. The Morgan fingerprint density at radius 1 is 0.386 bits per heavy atom. The van der Waals surface area contributed by atoms with Crippen LogP contribution in [0.1, 0.15) is 150 Å². The largest absolute Gasteiger partial charge is 0.334 e. The first kappa shape index (κ1) is 54.5. The van der Waals surface area contributed by atoms with E-state index in [9.17, 15) is 0 Å². The standard InChI is InChI=1S/C78H83BN4/c1-73(2,3)53-29-26-34-59(45-53)81-69-48-56(76(10,11)12)35-39-64(69)79-65-47-55(75(7,8)9)37-41-68(65)82(66-40-36-54(74(4,5)6)46-62(66)52-27-18-15-19-28-52)71-51-61(50-70(81)72(71)79)83-67-42-38-60(49-63(67)77(13)43-24-25-44-78(77,83)14)80(57-30-20-16-21-31-57)58-32-22-17-23-33-58/h15-23,26-42,45-51H,24-25,43-44H2,1-14H3. The van der Waals surface area contributed by atoms with Crippen LogP contribution in [0.3, 0.4) is 0 Å². The molecular formula is C78H83BN4. The van der Waals surface area contributed by atoms with Gasteiger partial charge in [-0.15, -0.1) is 0 Å². The van der Waals surface area contributed by atoms with Crippen LogP contribution < -0.4 is 36.0 Å². The van der Waals surface area contributed by atoms with Gasteiger partial charge in [0.2, 0.25) is 0 Å². The Hall–Kier alpha value is -7.76. The highest BCUT2D eigenvalue weighted by Crippen LogP contribution is 2.63. The molecule has 2 unspecified atom stereocenters. The number of hydrogen-bond acceptors (Lipinski definition) is 4. The van der Waals surface area contributed by atoms with Gasteiger partial charge in [-0.25, -0.2) is 0 Å². The lowest BCUT2D eigenvalue weighted by molar-refractivity contribution is 0.195. The van der Waals surface area contributed by atoms with Gasteiger partial charge in [0.05, 0.1) is 11.2 Å². The highest BCUT2D eigenvalue weighted by atomic mass is 15.3. The van der Waals surface area contributed by atoms with Crippen LogP contribution in [0, 0.1) is 0 Å². The SMILES string of the molecule is CC(C)(C)c1cccc(N2c3cc(C(C)(C)C)ccc3B3c4cc(C(C)(C)C)ccc4N(c4ccc(C(C)(C)C)cc4-c4ccccc4)c4cc(N5c6ccc(N(c7ccccc7)c7ccccc7)cc6C6(C)CCCCC56C)cc2c43)c1. The maximum atomic E-state index is 2.83. The number of benzene rings is 9. The van der Waals surface area contributed by atoms with Gasteiger partial charge in [0, 0.05) is 67.9 Å². The number of anilines is 11. The smallest absolute Gasteiger partial charge is 0.252 e. The Balaban J connectivity index is 1.15. The normalized spacial score (nSPS) is 18.3. The van der Waals surface area contributed by atoms with Crippen molar-refractivity contribution < 1.29 is 0 Å². The lowest BCUT2D eigenvalue weighted by atomic mass is 9.33. The van der Waals surface area contributed by atoms with E-state index in [-0.39, 0.29) is 39.3 Å². The highest BCUT2D eigenvalue weighted by Gasteiger charge is 2.58. The van der Waals surface area contributed by atoms with Crippen LogP contribution in [0.4, 0.5) is 62.6 Å². The third kappa shape index (κ3) is 8.94. The van der Waals surface area contributed by atoms with Crippen molar-refractivity contribution in [3.05, 3.63) is 228 Å². The molecule has 4 aliphatic rings. The average Bonchev–Trinajstić information content (AvgIpc) is 1.95. The Kier molecular flexibility index (Phi) is 12.7. The minimum atomic E-state index is -0.248. The molecule has 3 aliphatic heterocycles. The molecule has 2 atom stereocenters. The van der Waals surface area contributed by atoms with Gasteiger partial charge in [0.15, 0.2) is 0 Å². The second kappa shape index (κ2) is 19.4. The molecule has 418 valence electrons. The molecule has 0 radical (unpaired) electrons. The van der Waals surface area contributed by atoms with Gasteiger partial charge >= 0.3 is 0 Å². The maximum absolute atomic E-state index is 2.83. The van der Waals surface area contributed by atoms with Gasteiger partial charge in [-0.3, -0.25) is 0 Å². The van der Waals surface area contributed by atoms with Crippen LogP contribution in [0.5, 0.6) is 0 Å². The summed E-state index contributed by atoms with van der Waals surface area (Å²) in [6.07, 6.45) is 4.56. The van der Waals surface area contributed by atoms with Crippen LogP contribution >= 0.6 is 0 Å². The Morgan fingerprint density at radius 2 is 0.916 bits per heavy atom. The Labute approximate surface area is 496 Å². The van der Waals surface area contributed by atoms with E-state index in [0.29, 0.717) is 0 Å². The minimum Gasteiger partial charge on any atom is -0.334 e. The third-order valence-electron chi connectivity index (χ3n) is 19.6. The van der Waals surface area contributed by atoms with Crippen molar-refractivity contribution in [2.24, 2.45) is 0 Å². The second-order valence-corrected chi connectivity index (χ2v) is 29.1. The van der Waals surface area contributed by atoms with Crippen molar-refractivity contribution >= 4 is 85.7 Å². The summed E-state index contributed by atoms with van der Waals surface area (Å²) >= 11 is 0. The number of rotatable bonds is 7. The van der Waals surface area contributed by atoms with Crippen molar-refractivity contribution in [3.8, 4) is 11.1 Å². The molecule has 83 heavy (non-hydrogen) atoms. The molecule has 4 nitrogen and oxygen atoms in total. The van der Waals surface area contributed by atoms with Crippen LogP contribution in [0.2, 0.25) is 0 Å². The first-order valence-electron chi connectivity index (χ1n) is 30.7. The highest BCUT2D eigenvalue weighted by molar-refractivity contribution is 7.00. The van der Waals surface area contributed by atoms with Crippen LogP contribution in [0.15, 0.2) is 200 Å². The monoisotopic (exact) mass is 1090 g/mol. The molecule has 1 aliphatic carbocycles. The summed E-state index contributed by atoms with van der Waals surface area (Å²) in [5, 5.41) is 0. The fourth-order valence-electron chi connectivity index (χ4n) is 14.6. The predicted molar refractivity (Wildman–Crippen MR) is 358 cm³/mol. The average molecular weight is 1090 g/mol. The fraction of sp³-hybridized carbons (Fsp3) is 0.308. The molecule has 0 aromatic heterocycles. The number of hydrogen-bond donors (Lipinski definition) is 0. The van der Waals surface area contributed by atoms with E-state index in [2.05, 4.69) is 317 Å². The van der Waals surface area contributed by atoms with Crippen molar-refractivity contribution in [1.82, 2.24) is 0 Å². The quantitative estimate of drug-likeness (QED) is 0.147. The number of fused-ring (bicyclic) bond motifs is 7. The number of para-hydroxylation sites is 2. The summed E-state index contributed by atoms with van der Waals surface area (Å²) in [6.45, 7) is 33.4. The van der Waals surface area contributed by atoms with Crippen molar-refractivity contribution in [1.29, 1.82) is 0 Å². The summed E-state index contributed by atoms with van der Waals surface area (Å²) < 4.78 is 0. The fourth-order valence-corrected chi connectivity index (χ4v) is 14.6. The zero-order valence-corrected chi connectivity index (χ0v) is 51.7. The first-order valence-corrected chi connectivity index (χ1v) is 30.7. The predicted octanol–water partition coefficient (Wildman–Crippen LogP) is 19.8. The second-order valence-electron chi connectivity index (χ2n) is 29.1. The minimum absolute atomic E-state index is 0.0476. The summed E-state index contributed by atoms with van der Waals surface area (Å²) in [6, 6.07) is 77.4. The molecule has 0 bridgehead atoms. The molecule has 9 aromatic rings.